The van der Waals surface area contributed by atoms with Gasteiger partial charge < -0.3 is 14.8 Å². The molecule has 19 heavy (non-hydrogen) atoms. The summed E-state index contributed by atoms with van der Waals surface area (Å²) in [5.41, 5.74) is 0.608. The summed E-state index contributed by atoms with van der Waals surface area (Å²) in [7, 11) is 1.80. The average Bonchev–Trinajstić information content (AvgIpc) is 3.02. The zero-order chi connectivity index (χ0) is 13.3. The molecule has 2 aliphatic rings. The Morgan fingerprint density at radius 2 is 2.11 bits per heavy atom. The van der Waals surface area contributed by atoms with Gasteiger partial charge in [0.25, 0.3) is 5.91 Å². The molecule has 1 aromatic rings. The van der Waals surface area contributed by atoms with E-state index in [4.69, 9.17) is 9.47 Å². The molecular formula is C13H19N3O3. The largest absolute Gasteiger partial charge is 0.349 e. The Kier molecular flexibility index (Phi) is 3.28. The molecule has 6 heteroatoms. The summed E-state index contributed by atoms with van der Waals surface area (Å²) < 4.78 is 13.0. The minimum Gasteiger partial charge on any atom is -0.349 e. The fourth-order valence-electron chi connectivity index (χ4n) is 2.79. The van der Waals surface area contributed by atoms with E-state index in [2.05, 4.69) is 10.4 Å². The summed E-state index contributed by atoms with van der Waals surface area (Å²) in [4.78, 5) is 12.0. The highest BCUT2D eigenvalue weighted by molar-refractivity contribution is 5.93. The van der Waals surface area contributed by atoms with Crippen LogP contribution in [-0.4, -0.2) is 40.7 Å². The Bertz CT molecular complexity index is 455. The van der Waals surface area contributed by atoms with Crippen LogP contribution >= 0.6 is 0 Å². The van der Waals surface area contributed by atoms with E-state index in [0.29, 0.717) is 18.8 Å². The van der Waals surface area contributed by atoms with Crippen LogP contribution in [-0.2, 0) is 16.5 Å². The highest BCUT2D eigenvalue weighted by atomic mass is 16.7. The first kappa shape index (κ1) is 12.6. The number of nitrogens with one attached hydrogen (secondary N) is 1. The monoisotopic (exact) mass is 265 g/mol. The van der Waals surface area contributed by atoms with Crippen molar-refractivity contribution in [1.29, 1.82) is 0 Å². The van der Waals surface area contributed by atoms with Crippen LogP contribution < -0.4 is 5.32 Å². The molecule has 0 radical (unpaired) electrons. The molecule has 0 bridgehead atoms. The number of rotatable bonds is 2. The minimum atomic E-state index is -0.366. The maximum atomic E-state index is 12.0. The Hall–Kier alpha value is -1.40. The van der Waals surface area contributed by atoms with Crippen molar-refractivity contribution in [2.24, 2.45) is 7.05 Å². The van der Waals surface area contributed by atoms with Gasteiger partial charge in [-0.3, -0.25) is 9.48 Å². The van der Waals surface area contributed by atoms with Crippen molar-refractivity contribution >= 4 is 5.91 Å². The average molecular weight is 265 g/mol. The lowest BCUT2D eigenvalue weighted by atomic mass is 9.90. The lowest BCUT2D eigenvalue weighted by Crippen LogP contribution is -2.43. The molecule has 0 aromatic carbocycles. The van der Waals surface area contributed by atoms with Gasteiger partial charge in [0, 0.05) is 32.1 Å². The predicted molar refractivity (Wildman–Crippen MR) is 67.6 cm³/mol. The molecule has 1 saturated carbocycles. The second-order valence-electron chi connectivity index (χ2n) is 5.26. The van der Waals surface area contributed by atoms with E-state index >= 15 is 0 Å². The summed E-state index contributed by atoms with van der Waals surface area (Å²) >= 11 is 0. The second kappa shape index (κ2) is 4.94. The molecule has 1 aliphatic heterocycles. The van der Waals surface area contributed by atoms with E-state index < -0.39 is 0 Å². The van der Waals surface area contributed by atoms with Crippen molar-refractivity contribution in [2.45, 2.75) is 37.5 Å². The lowest BCUT2D eigenvalue weighted by molar-refractivity contribution is -0.179. The van der Waals surface area contributed by atoms with Crippen molar-refractivity contribution in [2.75, 3.05) is 13.2 Å². The van der Waals surface area contributed by atoms with E-state index in [1.165, 1.54) is 0 Å². The molecule has 1 aromatic heterocycles. The molecule has 1 spiro atoms. The number of hydrogen-bond acceptors (Lipinski definition) is 4. The van der Waals surface area contributed by atoms with Crippen LogP contribution in [0, 0.1) is 0 Å². The number of nitrogens with zero attached hydrogens (tertiary/aromatic N) is 2. The summed E-state index contributed by atoms with van der Waals surface area (Å²) in [5, 5.41) is 7.06. The first-order valence-electron chi connectivity index (χ1n) is 6.74. The fourth-order valence-corrected chi connectivity index (χ4v) is 2.79. The summed E-state index contributed by atoms with van der Waals surface area (Å²) in [6.45, 7) is 1.37. The first-order valence-corrected chi connectivity index (χ1v) is 6.74. The van der Waals surface area contributed by atoms with Crippen molar-refractivity contribution in [3.05, 3.63) is 18.0 Å². The van der Waals surface area contributed by atoms with Gasteiger partial charge >= 0.3 is 0 Å². The molecule has 1 saturated heterocycles. The molecule has 104 valence electrons. The molecule has 2 heterocycles. The number of aryl methyl sites for hydroxylation is 1. The van der Waals surface area contributed by atoms with Crippen LogP contribution in [0.15, 0.2) is 12.4 Å². The fraction of sp³-hybridized carbons (Fsp3) is 0.692. The smallest absolute Gasteiger partial charge is 0.254 e. The standard InChI is InChI=1S/C13H19N3O3/c1-16-9-10(8-14-16)12(17)15-11-2-4-13(5-3-11)18-6-7-19-13/h8-9,11H,2-7H2,1H3,(H,15,17). The number of amides is 1. The number of carbonyl (C=O) groups is 1. The normalized spacial score (nSPS) is 22.8. The molecule has 1 amide bonds. The zero-order valence-corrected chi connectivity index (χ0v) is 11.1. The van der Waals surface area contributed by atoms with Crippen LogP contribution in [0.25, 0.3) is 0 Å². The van der Waals surface area contributed by atoms with Gasteiger partial charge in [-0.2, -0.15) is 5.10 Å². The molecular weight excluding hydrogens is 246 g/mol. The molecule has 2 fully saturated rings. The molecule has 0 unspecified atom stereocenters. The Labute approximate surface area is 112 Å². The van der Waals surface area contributed by atoms with Gasteiger partial charge in [-0.1, -0.05) is 0 Å². The lowest BCUT2D eigenvalue weighted by Gasteiger charge is -2.35. The van der Waals surface area contributed by atoms with Gasteiger partial charge in [0.1, 0.15) is 0 Å². The molecule has 6 nitrogen and oxygen atoms in total. The van der Waals surface area contributed by atoms with Crippen LogP contribution in [0.3, 0.4) is 0 Å². The van der Waals surface area contributed by atoms with Gasteiger partial charge in [-0.05, 0) is 12.8 Å². The van der Waals surface area contributed by atoms with Crippen LogP contribution in [0.5, 0.6) is 0 Å². The Balaban J connectivity index is 1.53. The SMILES string of the molecule is Cn1cc(C(=O)NC2CCC3(CC2)OCCO3)cn1. The molecule has 0 atom stereocenters. The topological polar surface area (TPSA) is 65.4 Å². The van der Waals surface area contributed by atoms with Gasteiger partial charge in [-0.25, -0.2) is 0 Å². The summed E-state index contributed by atoms with van der Waals surface area (Å²) in [6, 6.07) is 0.200. The van der Waals surface area contributed by atoms with Gasteiger partial charge in [0.2, 0.25) is 0 Å². The zero-order valence-electron chi connectivity index (χ0n) is 11.1. The summed E-state index contributed by atoms with van der Waals surface area (Å²) in [5.74, 6) is -0.419. The van der Waals surface area contributed by atoms with Crippen LogP contribution in [0.2, 0.25) is 0 Å². The van der Waals surface area contributed by atoms with Gasteiger partial charge in [0.05, 0.1) is 25.0 Å². The first-order chi connectivity index (χ1) is 9.17. The molecule has 1 N–H and O–H groups in total. The highest BCUT2D eigenvalue weighted by Crippen LogP contribution is 2.35. The number of ether oxygens (including phenoxy) is 2. The van der Waals surface area contributed by atoms with Crippen molar-refractivity contribution in [1.82, 2.24) is 15.1 Å². The second-order valence-corrected chi connectivity index (χ2v) is 5.26. The maximum absolute atomic E-state index is 12.0. The van der Waals surface area contributed by atoms with E-state index in [9.17, 15) is 4.79 Å². The number of aromatic nitrogens is 2. The van der Waals surface area contributed by atoms with E-state index in [-0.39, 0.29) is 17.7 Å². The predicted octanol–water partition coefficient (Wildman–Crippen LogP) is 0.836. The van der Waals surface area contributed by atoms with Crippen molar-refractivity contribution in [3.63, 3.8) is 0 Å². The van der Waals surface area contributed by atoms with Crippen LogP contribution in [0.1, 0.15) is 36.0 Å². The highest BCUT2D eigenvalue weighted by Gasteiger charge is 2.40. The maximum Gasteiger partial charge on any atom is 0.254 e. The van der Waals surface area contributed by atoms with Gasteiger partial charge in [-0.15, -0.1) is 0 Å². The van der Waals surface area contributed by atoms with E-state index in [0.717, 1.165) is 25.7 Å². The summed E-state index contributed by atoms with van der Waals surface area (Å²) in [6.07, 6.45) is 6.81. The quantitative estimate of drug-likeness (QED) is 0.860. The third-order valence-corrected chi connectivity index (χ3v) is 3.86. The number of hydrogen-bond donors (Lipinski definition) is 1. The van der Waals surface area contributed by atoms with E-state index in [1.807, 2.05) is 0 Å². The van der Waals surface area contributed by atoms with Crippen molar-refractivity contribution < 1.29 is 14.3 Å². The van der Waals surface area contributed by atoms with Crippen LogP contribution in [0.4, 0.5) is 0 Å². The Morgan fingerprint density at radius 3 is 2.68 bits per heavy atom. The van der Waals surface area contributed by atoms with Crippen molar-refractivity contribution in [3.8, 4) is 0 Å². The molecule has 1 aliphatic carbocycles. The molecule has 3 rings (SSSR count). The third-order valence-electron chi connectivity index (χ3n) is 3.86. The number of carbonyl (C=O) groups excluding carboxylic acids is 1. The third kappa shape index (κ3) is 2.64. The van der Waals surface area contributed by atoms with Gasteiger partial charge in [0.15, 0.2) is 5.79 Å². The minimum absolute atomic E-state index is 0.0534. The Morgan fingerprint density at radius 1 is 1.42 bits per heavy atom. The van der Waals surface area contributed by atoms with E-state index in [1.54, 1.807) is 24.1 Å².